The van der Waals surface area contributed by atoms with Gasteiger partial charge >= 0.3 is 0 Å². The van der Waals surface area contributed by atoms with Crippen molar-refractivity contribution in [2.75, 3.05) is 6.61 Å². The average Bonchev–Trinajstić information content (AvgIpc) is 2.46. The van der Waals surface area contributed by atoms with Gasteiger partial charge in [-0.05, 0) is 30.2 Å². The molecule has 1 aliphatic heterocycles. The van der Waals surface area contributed by atoms with E-state index in [4.69, 9.17) is 4.74 Å². The number of hydrogen-bond acceptors (Lipinski definition) is 2. The number of halogens is 1. The smallest absolute Gasteiger partial charge is 0.123 e. The molecule has 0 amide bonds. The summed E-state index contributed by atoms with van der Waals surface area (Å²) in [4.78, 5) is 0. The van der Waals surface area contributed by atoms with E-state index < -0.39 is 6.10 Å². The highest BCUT2D eigenvalue weighted by Crippen LogP contribution is 2.41. The maximum Gasteiger partial charge on any atom is 0.123 e. The summed E-state index contributed by atoms with van der Waals surface area (Å²) in [7, 11) is 0. The molecule has 0 aromatic heterocycles. The van der Waals surface area contributed by atoms with Gasteiger partial charge in [-0.15, -0.1) is 0 Å². The summed E-state index contributed by atoms with van der Waals surface area (Å²) in [6.45, 7) is 0.577. The molecule has 0 radical (unpaired) electrons. The first-order chi connectivity index (χ1) is 9.25. The van der Waals surface area contributed by atoms with Gasteiger partial charge in [-0.1, -0.05) is 30.3 Å². The van der Waals surface area contributed by atoms with Gasteiger partial charge in [0, 0.05) is 11.5 Å². The van der Waals surface area contributed by atoms with Crippen LogP contribution in [0.25, 0.3) is 0 Å². The molecule has 3 rings (SSSR count). The molecule has 1 N–H and O–H groups in total. The Kier molecular flexibility index (Phi) is 3.22. The number of para-hydroxylation sites is 1. The van der Waals surface area contributed by atoms with Crippen molar-refractivity contribution in [1.82, 2.24) is 0 Å². The van der Waals surface area contributed by atoms with Crippen molar-refractivity contribution in [3.63, 3.8) is 0 Å². The summed E-state index contributed by atoms with van der Waals surface area (Å²) < 4.78 is 18.8. The maximum absolute atomic E-state index is 13.3. The quantitative estimate of drug-likeness (QED) is 0.894. The van der Waals surface area contributed by atoms with E-state index in [1.54, 1.807) is 12.1 Å². The van der Waals surface area contributed by atoms with Crippen molar-refractivity contribution < 1.29 is 14.2 Å². The van der Waals surface area contributed by atoms with Gasteiger partial charge in [-0.25, -0.2) is 4.39 Å². The van der Waals surface area contributed by atoms with Gasteiger partial charge in [0.05, 0.1) is 12.7 Å². The van der Waals surface area contributed by atoms with Crippen molar-refractivity contribution in [2.24, 2.45) is 0 Å². The first kappa shape index (κ1) is 12.2. The van der Waals surface area contributed by atoms with Crippen LogP contribution >= 0.6 is 0 Å². The minimum Gasteiger partial charge on any atom is -0.493 e. The summed E-state index contributed by atoms with van der Waals surface area (Å²) in [6, 6.07) is 13.9. The summed E-state index contributed by atoms with van der Waals surface area (Å²) in [5.41, 5.74) is 1.60. The Bertz CT molecular complexity index is 582. The number of aliphatic hydroxyl groups is 1. The normalized spacial score (nSPS) is 19.4. The van der Waals surface area contributed by atoms with E-state index in [1.807, 2.05) is 24.3 Å². The molecule has 2 unspecified atom stereocenters. The van der Waals surface area contributed by atoms with Gasteiger partial charge in [-0.2, -0.15) is 0 Å². The molecule has 0 saturated carbocycles. The standard InChI is InChI=1S/C16H15FO2/c17-12-5-3-4-11(10-12)16(18)14-8-9-19-15-7-2-1-6-13(14)15/h1-7,10,14,16,18H,8-9H2. The van der Waals surface area contributed by atoms with E-state index >= 15 is 0 Å². The van der Waals surface area contributed by atoms with E-state index in [0.717, 1.165) is 17.7 Å². The monoisotopic (exact) mass is 258 g/mol. The Morgan fingerprint density at radius 3 is 2.84 bits per heavy atom. The highest BCUT2D eigenvalue weighted by atomic mass is 19.1. The number of rotatable bonds is 2. The lowest BCUT2D eigenvalue weighted by atomic mass is 9.85. The average molecular weight is 258 g/mol. The highest BCUT2D eigenvalue weighted by molar-refractivity contribution is 5.39. The minimum atomic E-state index is -0.708. The van der Waals surface area contributed by atoms with Gasteiger partial charge in [0.1, 0.15) is 11.6 Å². The lowest BCUT2D eigenvalue weighted by Gasteiger charge is -2.29. The first-order valence-corrected chi connectivity index (χ1v) is 6.41. The third-order valence-corrected chi connectivity index (χ3v) is 3.58. The molecule has 3 heteroatoms. The van der Waals surface area contributed by atoms with Crippen molar-refractivity contribution in [3.8, 4) is 5.75 Å². The fraction of sp³-hybridized carbons (Fsp3) is 0.250. The molecule has 2 nitrogen and oxygen atoms in total. The van der Waals surface area contributed by atoms with Gasteiger partial charge in [0.15, 0.2) is 0 Å². The van der Waals surface area contributed by atoms with Gasteiger partial charge < -0.3 is 9.84 Å². The van der Waals surface area contributed by atoms with Crippen LogP contribution in [-0.2, 0) is 0 Å². The molecular weight excluding hydrogens is 243 g/mol. The van der Waals surface area contributed by atoms with Crippen LogP contribution in [0.15, 0.2) is 48.5 Å². The Morgan fingerprint density at radius 2 is 2.00 bits per heavy atom. The summed E-state index contributed by atoms with van der Waals surface area (Å²) >= 11 is 0. The molecule has 0 saturated heterocycles. The van der Waals surface area contributed by atoms with E-state index in [-0.39, 0.29) is 11.7 Å². The third-order valence-electron chi connectivity index (χ3n) is 3.58. The van der Waals surface area contributed by atoms with Crippen LogP contribution in [-0.4, -0.2) is 11.7 Å². The highest BCUT2D eigenvalue weighted by Gasteiger charge is 2.28. The number of fused-ring (bicyclic) bond motifs is 1. The largest absolute Gasteiger partial charge is 0.493 e. The zero-order chi connectivity index (χ0) is 13.2. The fourth-order valence-corrected chi connectivity index (χ4v) is 2.62. The summed E-state index contributed by atoms with van der Waals surface area (Å²) in [6.07, 6.45) is 0.0232. The van der Waals surface area contributed by atoms with E-state index in [2.05, 4.69) is 0 Å². The predicted octanol–water partition coefficient (Wildman–Crippen LogP) is 3.43. The van der Waals surface area contributed by atoms with E-state index in [1.165, 1.54) is 12.1 Å². The molecule has 1 heterocycles. The van der Waals surface area contributed by atoms with Crippen LogP contribution < -0.4 is 4.74 Å². The number of hydrogen-bond donors (Lipinski definition) is 1. The number of benzene rings is 2. The van der Waals surface area contributed by atoms with Crippen LogP contribution in [0, 0.1) is 5.82 Å². The van der Waals surface area contributed by atoms with Crippen molar-refractivity contribution in [1.29, 1.82) is 0 Å². The first-order valence-electron chi connectivity index (χ1n) is 6.41. The Labute approximate surface area is 111 Å². The third kappa shape index (κ3) is 2.34. The SMILES string of the molecule is OC(c1cccc(F)c1)C1CCOc2ccccc21. The van der Waals surface area contributed by atoms with Crippen molar-refractivity contribution >= 4 is 0 Å². The van der Waals surface area contributed by atoms with Crippen LogP contribution in [0.2, 0.25) is 0 Å². The second-order valence-corrected chi connectivity index (χ2v) is 4.78. The zero-order valence-electron chi connectivity index (χ0n) is 10.4. The summed E-state index contributed by atoms with van der Waals surface area (Å²) in [5, 5.41) is 10.5. The molecule has 0 fully saturated rings. The molecule has 0 spiro atoms. The van der Waals surface area contributed by atoms with Crippen LogP contribution in [0.5, 0.6) is 5.75 Å². The molecule has 2 atom stereocenters. The van der Waals surface area contributed by atoms with Crippen molar-refractivity contribution in [2.45, 2.75) is 18.4 Å². The Morgan fingerprint density at radius 1 is 1.16 bits per heavy atom. The van der Waals surface area contributed by atoms with E-state index in [0.29, 0.717) is 12.2 Å². The topological polar surface area (TPSA) is 29.5 Å². The van der Waals surface area contributed by atoms with Gasteiger partial charge in [0.2, 0.25) is 0 Å². The Balaban J connectivity index is 1.95. The van der Waals surface area contributed by atoms with Crippen LogP contribution in [0.4, 0.5) is 4.39 Å². The van der Waals surface area contributed by atoms with Gasteiger partial charge in [0.25, 0.3) is 0 Å². The molecule has 2 aromatic carbocycles. The molecule has 19 heavy (non-hydrogen) atoms. The predicted molar refractivity (Wildman–Crippen MR) is 70.7 cm³/mol. The molecule has 1 aliphatic rings. The minimum absolute atomic E-state index is 0.0493. The number of ether oxygens (including phenoxy) is 1. The molecular formula is C16H15FO2. The zero-order valence-corrected chi connectivity index (χ0v) is 10.4. The number of aliphatic hydroxyl groups excluding tert-OH is 1. The lowest BCUT2D eigenvalue weighted by Crippen LogP contribution is -2.20. The van der Waals surface area contributed by atoms with Crippen LogP contribution in [0.1, 0.15) is 29.6 Å². The molecule has 2 aromatic rings. The van der Waals surface area contributed by atoms with E-state index in [9.17, 15) is 9.50 Å². The second kappa shape index (κ2) is 5.02. The second-order valence-electron chi connectivity index (χ2n) is 4.78. The molecule has 0 bridgehead atoms. The van der Waals surface area contributed by atoms with Crippen molar-refractivity contribution in [3.05, 3.63) is 65.5 Å². The fourth-order valence-electron chi connectivity index (χ4n) is 2.62. The maximum atomic E-state index is 13.3. The lowest BCUT2D eigenvalue weighted by molar-refractivity contribution is 0.117. The molecule has 0 aliphatic carbocycles. The van der Waals surface area contributed by atoms with Gasteiger partial charge in [-0.3, -0.25) is 0 Å². The molecule has 98 valence electrons. The summed E-state index contributed by atoms with van der Waals surface area (Å²) in [5.74, 6) is 0.442. The van der Waals surface area contributed by atoms with Crippen LogP contribution in [0.3, 0.4) is 0 Å². The Hall–Kier alpha value is -1.87.